The number of carbonyl (C=O) groups excluding carboxylic acids is 2. The minimum absolute atomic E-state index is 0.0108. The van der Waals surface area contributed by atoms with Crippen LogP contribution in [0.1, 0.15) is 29.7 Å². The number of aromatic nitrogens is 2. The van der Waals surface area contributed by atoms with Gasteiger partial charge in [0.25, 0.3) is 11.6 Å². The highest BCUT2D eigenvalue weighted by Gasteiger charge is 2.22. The van der Waals surface area contributed by atoms with E-state index in [0.29, 0.717) is 10.1 Å². The Morgan fingerprint density at radius 3 is 2.67 bits per heavy atom. The summed E-state index contributed by atoms with van der Waals surface area (Å²) < 4.78 is 32.5. The standard InChI is InChI=1S/C19H16F2N4O5/c1-11(22-17(26)12-5-4-6-13(9-12)25(28)29)18(27)30-10-16-23-14-7-2-3-8-15(14)24(16)19(20)21/h2-9,11,19H,10H2,1H3,(H,22,26)/t11-/m0/s1. The van der Waals surface area contributed by atoms with Crippen LogP contribution in [0, 0.1) is 10.1 Å². The first-order valence-corrected chi connectivity index (χ1v) is 8.74. The number of imidazole rings is 1. The van der Waals surface area contributed by atoms with Gasteiger partial charge in [-0.25, -0.2) is 9.78 Å². The molecule has 0 aliphatic heterocycles. The Hall–Kier alpha value is -3.89. The Morgan fingerprint density at radius 2 is 1.97 bits per heavy atom. The van der Waals surface area contributed by atoms with Gasteiger partial charge < -0.3 is 10.1 Å². The van der Waals surface area contributed by atoms with Crippen LogP contribution in [-0.4, -0.2) is 32.4 Å². The molecule has 3 rings (SSSR count). The summed E-state index contributed by atoms with van der Waals surface area (Å²) in [5.41, 5.74) is 0.244. The fraction of sp³-hybridized carbons (Fsp3) is 0.211. The van der Waals surface area contributed by atoms with Gasteiger partial charge in [0.05, 0.1) is 16.0 Å². The van der Waals surface area contributed by atoms with Crippen LogP contribution in [0.2, 0.25) is 0 Å². The molecule has 1 amide bonds. The Labute approximate surface area is 168 Å². The molecule has 0 aliphatic rings. The van der Waals surface area contributed by atoms with Gasteiger partial charge in [0, 0.05) is 17.7 Å². The molecular formula is C19H16F2N4O5. The maximum absolute atomic E-state index is 13.4. The van der Waals surface area contributed by atoms with Crippen molar-refractivity contribution in [3.8, 4) is 0 Å². The van der Waals surface area contributed by atoms with E-state index in [4.69, 9.17) is 4.74 Å². The Balaban J connectivity index is 1.66. The van der Waals surface area contributed by atoms with Crippen LogP contribution in [0.3, 0.4) is 0 Å². The zero-order valence-electron chi connectivity index (χ0n) is 15.6. The average Bonchev–Trinajstić information content (AvgIpc) is 3.10. The van der Waals surface area contributed by atoms with Gasteiger partial charge in [0.1, 0.15) is 12.6 Å². The highest BCUT2D eigenvalue weighted by Crippen LogP contribution is 2.23. The van der Waals surface area contributed by atoms with Gasteiger partial charge in [0.15, 0.2) is 5.82 Å². The van der Waals surface area contributed by atoms with Crippen molar-refractivity contribution in [2.45, 2.75) is 26.1 Å². The molecule has 156 valence electrons. The van der Waals surface area contributed by atoms with Gasteiger partial charge in [-0.3, -0.25) is 19.5 Å². The van der Waals surface area contributed by atoms with Gasteiger partial charge in [0.2, 0.25) is 0 Å². The van der Waals surface area contributed by atoms with Crippen LogP contribution in [0.15, 0.2) is 48.5 Å². The molecule has 9 nitrogen and oxygen atoms in total. The van der Waals surface area contributed by atoms with Crippen molar-refractivity contribution in [2.24, 2.45) is 0 Å². The molecule has 0 aliphatic carbocycles. The number of carbonyl (C=O) groups is 2. The molecule has 3 aromatic rings. The largest absolute Gasteiger partial charge is 0.456 e. The van der Waals surface area contributed by atoms with Crippen molar-refractivity contribution in [1.29, 1.82) is 0 Å². The lowest BCUT2D eigenvalue weighted by Gasteiger charge is -2.14. The van der Waals surface area contributed by atoms with Crippen molar-refractivity contribution in [3.63, 3.8) is 0 Å². The van der Waals surface area contributed by atoms with Gasteiger partial charge in [-0.1, -0.05) is 18.2 Å². The quantitative estimate of drug-likeness (QED) is 0.358. The fourth-order valence-electron chi connectivity index (χ4n) is 2.77. The number of ether oxygens (including phenoxy) is 1. The maximum Gasteiger partial charge on any atom is 0.328 e. The predicted molar refractivity (Wildman–Crippen MR) is 101 cm³/mol. The van der Waals surface area contributed by atoms with Crippen molar-refractivity contribution >= 4 is 28.6 Å². The maximum atomic E-state index is 13.4. The molecule has 0 bridgehead atoms. The molecule has 0 spiro atoms. The van der Waals surface area contributed by atoms with Gasteiger partial charge in [-0.2, -0.15) is 8.78 Å². The van der Waals surface area contributed by atoms with Crippen LogP contribution in [0.5, 0.6) is 0 Å². The van der Waals surface area contributed by atoms with E-state index in [2.05, 4.69) is 10.3 Å². The molecule has 30 heavy (non-hydrogen) atoms. The van der Waals surface area contributed by atoms with Crippen molar-refractivity contribution in [3.05, 3.63) is 70.0 Å². The lowest BCUT2D eigenvalue weighted by atomic mass is 10.2. The second kappa shape index (κ2) is 8.64. The van der Waals surface area contributed by atoms with Crippen LogP contribution >= 0.6 is 0 Å². The van der Waals surface area contributed by atoms with Crippen molar-refractivity contribution in [1.82, 2.24) is 14.9 Å². The monoisotopic (exact) mass is 418 g/mol. The summed E-state index contributed by atoms with van der Waals surface area (Å²) in [6, 6.07) is 10.1. The minimum Gasteiger partial charge on any atom is -0.456 e. The zero-order chi connectivity index (χ0) is 21.8. The highest BCUT2D eigenvalue weighted by molar-refractivity contribution is 5.97. The lowest BCUT2D eigenvalue weighted by molar-refractivity contribution is -0.384. The molecule has 1 N–H and O–H groups in total. The van der Waals surface area contributed by atoms with E-state index in [1.54, 1.807) is 18.2 Å². The molecule has 0 unspecified atom stereocenters. The second-order valence-corrected chi connectivity index (χ2v) is 6.27. The van der Waals surface area contributed by atoms with Crippen molar-refractivity contribution in [2.75, 3.05) is 0 Å². The molecule has 1 atom stereocenters. The highest BCUT2D eigenvalue weighted by atomic mass is 19.3. The molecule has 11 heteroatoms. The molecule has 0 saturated carbocycles. The second-order valence-electron chi connectivity index (χ2n) is 6.27. The van der Waals surface area contributed by atoms with E-state index in [1.165, 1.54) is 31.2 Å². The number of fused-ring (bicyclic) bond motifs is 1. The van der Waals surface area contributed by atoms with E-state index in [1.807, 2.05) is 0 Å². The number of amides is 1. The lowest BCUT2D eigenvalue weighted by Crippen LogP contribution is -2.39. The Kier molecular flexibility index (Phi) is 6.00. The number of alkyl halides is 2. The molecule has 0 saturated heterocycles. The number of nitrogens with one attached hydrogen (secondary N) is 1. The van der Waals surface area contributed by atoms with Gasteiger partial charge in [-0.05, 0) is 25.1 Å². The predicted octanol–water partition coefficient (Wildman–Crippen LogP) is 3.20. The molecule has 2 aromatic carbocycles. The zero-order valence-corrected chi connectivity index (χ0v) is 15.6. The third kappa shape index (κ3) is 4.40. The summed E-state index contributed by atoms with van der Waals surface area (Å²) in [5, 5.41) is 13.2. The van der Waals surface area contributed by atoms with Crippen LogP contribution in [0.4, 0.5) is 14.5 Å². The summed E-state index contributed by atoms with van der Waals surface area (Å²) in [4.78, 5) is 38.6. The number of halogens is 2. The molecule has 0 fully saturated rings. The first kappa shape index (κ1) is 20.8. The number of hydrogen-bond acceptors (Lipinski definition) is 6. The Bertz CT molecular complexity index is 1120. The van der Waals surface area contributed by atoms with Crippen LogP contribution in [-0.2, 0) is 16.1 Å². The minimum atomic E-state index is -2.88. The number of nitro benzene ring substituents is 1. The average molecular weight is 418 g/mol. The Morgan fingerprint density at radius 1 is 1.23 bits per heavy atom. The molecular weight excluding hydrogens is 402 g/mol. The number of benzene rings is 2. The topological polar surface area (TPSA) is 116 Å². The number of non-ortho nitro benzene ring substituents is 1. The molecule has 1 heterocycles. The first-order chi connectivity index (χ1) is 14.3. The molecule has 1 aromatic heterocycles. The SMILES string of the molecule is C[C@H](NC(=O)c1cccc([N+](=O)[O-])c1)C(=O)OCc1nc2ccccc2n1C(F)F. The summed E-state index contributed by atoms with van der Waals surface area (Å²) >= 11 is 0. The van der Waals surface area contributed by atoms with E-state index < -0.39 is 36.0 Å². The number of nitro groups is 1. The third-order valence-corrected chi connectivity index (χ3v) is 4.23. The van der Waals surface area contributed by atoms with E-state index in [-0.39, 0.29) is 22.6 Å². The number of nitrogens with zero attached hydrogens (tertiary/aromatic N) is 3. The molecule has 0 radical (unpaired) electrons. The van der Waals surface area contributed by atoms with E-state index in [0.717, 1.165) is 6.07 Å². The summed E-state index contributed by atoms with van der Waals surface area (Å²) in [5.74, 6) is -1.73. The third-order valence-electron chi connectivity index (χ3n) is 4.23. The summed E-state index contributed by atoms with van der Waals surface area (Å²) in [6.07, 6.45) is 0. The summed E-state index contributed by atoms with van der Waals surface area (Å²) in [6.45, 7) is -2.06. The van der Waals surface area contributed by atoms with Crippen LogP contribution < -0.4 is 5.32 Å². The summed E-state index contributed by atoms with van der Waals surface area (Å²) in [7, 11) is 0. The van der Waals surface area contributed by atoms with Gasteiger partial charge >= 0.3 is 12.5 Å². The number of rotatable bonds is 7. The number of esters is 1. The fourth-order valence-corrected chi connectivity index (χ4v) is 2.77. The normalized spacial score (nSPS) is 12.0. The van der Waals surface area contributed by atoms with Crippen molar-refractivity contribution < 1.29 is 28.0 Å². The number of hydrogen-bond donors (Lipinski definition) is 1. The van der Waals surface area contributed by atoms with Gasteiger partial charge in [-0.15, -0.1) is 0 Å². The number of para-hydroxylation sites is 2. The van der Waals surface area contributed by atoms with Crippen LogP contribution in [0.25, 0.3) is 11.0 Å². The van der Waals surface area contributed by atoms with E-state index in [9.17, 15) is 28.5 Å². The van der Waals surface area contributed by atoms with E-state index >= 15 is 0 Å². The first-order valence-electron chi connectivity index (χ1n) is 8.74. The smallest absolute Gasteiger partial charge is 0.328 e.